The quantitative estimate of drug-likeness (QED) is 0.413. The highest BCUT2D eigenvalue weighted by atomic mass is 16.2. The Bertz CT molecular complexity index is 1470. The normalized spacial score (nSPS) is 20.4. The van der Waals surface area contributed by atoms with E-state index in [-0.39, 0.29) is 18.5 Å². The maximum atomic E-state index is 13.3. The van der Waals surface area contributed by atoms with E-state index in [2.05, 4.69) is 43.3 Å². The topological polar surface area (TPSA) is 113 Å². The highest BCUT2D eigenvalue weighted by molar-refractivity contribution is 6.17. The van der Waals surface area contributed by atoms with E-state index in [1.165, 1.54) is 0 Å². The van der Waals surface area contributed by atoms with Gasteiger partial charge in [-0.3, -0.25) is 20.0 Å². The first-order valence-corrected chi connectivity index (χ1v) is 12.2. The fourth-order valence-corrected chi connectivity index (χ4v) is 5.04. The molecule has 0 saturated carbocycles. The summed E-state index contributed by atoms with van der Waals surface area (Å²) in [5, 5.41) is 3.97. The van der Waals surface area contributed by atoms with Crippen LogP contribution >= 0.6 is 0 Å². The molecule has 0 spiro atoms. The van der Waals surface area contributed by atoms with Gasteiger partial charge in [-0.15, -0.1) is 0 Å². The molecule has 0 bridgehead atoms. The van der Waals surface area contributed by atoms with Crippen LogP contribution in [0.25, 0.3) is 21.9 Å². The number of hydrogen-bond donors (Lipinski definition) is 3. The van der Waals surface area contributed by atoms with E-state index < -0.39 is 6.04 Å². The SMILES string of the molecule is CN1CCCN(C(=O)C/N=C2/NC(=O)N(c3ccc4[nH]cnc4c3)C2c2ccc3[nH]ccc3c2)CC1. The van der Waals surface area contributed by atoms with Crippen LogP contribution in [0.1, 0.15) is 18.0 Å². The van der Waals surface area contributed by atoms with E-state index in [4.69, 9.17) is 0 Å². The lowest BCUT2D eigenvalue weighted by Crippen LogP contribution is -2.36. The lowest BCUT2D eigenvalue weighted by Gasteiger charge is -2.24. The summed E-state index contributed by atoms with van der Waals surface area (Å²) in [7, 11) is 2.07. The van der Waals surface area contributed by atoms with Gasteiger partial charge >= 0.3 is 6.03 Å². The molecule has 36 heavy (non-hydrogen) atoms. The molecule has 2 aromatic carbocycles. The first-order valence-electron chi connectivity index (χ1n) is 12.2. The van der Waals surface area contributed by atoms with Crippen molar-refractivity contribution in [2.75, 3.05) is 44.7 Å². The smallest absolute Gasteiger partial charge is 0.328 e. The number of hydrogen-bond acceptors (Lipinski definition) is 5. The number of carbonyl (C=O) groups excluding carboxylic acids is 2. The maximum absolute atomic E-state index is 13.3. The number of carbonyl (C=O) groups is 2. The van der Waals surface area contributed by atoms with Gasteiger partial charge in [0.05, 0.1) is 17.4 Å². The van der Waals surface area contributed by atoms with Gasteiger partial charge in [0.15, 0.2) is 0 Å². The molecule has 10 heteroatoms. The van der Waals surface area contributed by atoms with Gasteiger partial charge in [-0.2, -0.15) is 0 Å². The molecule has 3 N–H and O–H groups in total. The molecular formula is C26H28N8O2. The zero-order valence-corrected chi connectivity index (χ0v) is 20.1. The van der Waals surface area contributed by atoms with Crippen molar-refractivity contribution in [2.24, 2.45) is 4.99 Å². The molecule has 2 aromatic heterocycles. The molecule has 2 fully saturated rings. The zero-order chi connectivity index (χ0) is 24.6. The van der Waals surface area contributed by atoms with Gasteiger partial charge < -0.3 is 19.8 Å². The lowest BCUT2D eigenvalue weighted by atomic mass is 10.0. The number of aromatic amines is 2. The van der Waals surface area contributed by atoms with Crippen LogP contribution in [0.4, 0.5) is 10.5 Å². The number of nitrogens with one attached hydrogen (secondary N) is 3. The minimum atomic E-state index is -0.490. The van der Waals surface area contributed by atoms with Gasteiger partial charge in [0.2, 0.25) is 5.91 Å². The Balaban J connectivity index is 1.35. The van der Waals surface area contributed by atoms with Crippen LogP contribution in [0.15, 0.2) is 60.0 Å². The van der Waals surface area contributed by atoms with Crippen molar-refractivity contribution in [1.82, 2.24) is 30.1 Å². The predicted molar refractivity (Wildman–Crippen MR) is 139 cm³/mol. The summed E-state index contributed by atoms with van der Waals surface area (Å²) in [6.07, 6.45) is 4.47. The van der Waals surface area contributed by atoms with E-state index in [0.29, 0.717) is 18.1 Å². The Morgan fingerprint density at radius 2 is 1.94 bits per heavy atom. The zero-order valence-electron chi connectivity index (χ0n) is 20.1. The second-order valence-electron chi connectivity index (χ2n) is 9.37. The van der Waals surface area contributed by atoms with E-state index in [1.54, 1.807) is 11.2 Å². The summed E-state index contributed by atoms with van der Waals surface area (Å²) in [4.78, 5) is 47.4. The van der Waals surface area contributed by atoms with Crippen LogP contribution in [0, 0.1) is 0 Å². The summed E-state index contributed by atoms with van der Waals surface area (Å²) in [5.74, 6) is 0.445. The van der Waals surface area contributed by atoms with E-state index in [0.717, 1.165) is 53.6 Å². The van der Waals surface area contributed by atoms with E-state index >= 15 is 0 Å². The molecule has 2 saturated heterocycles. The monoisotopic (exact) mass is 484 g/mol. The summed E-state index contributed by atoms with van der Waals surface area (Å²) < 4.78 is 0. The minimum absolute atomic E-state index is 0.00549. The molecule has 184 valence electrons. The molecular weight excluding hydrogens is 456 g/mol. The fraction of sp³-hybridized carbons (Fsp3) is 0.308. The molecule has 0 radical (unpaired) electrons. The Kier molecular flexibility index (Phi) is 5.65. The number of aromatic nitrogens is 3. The van der Waals surface area contributed by atoms with Crippen molar-refractivity contribution >= 4 is 45.4 Å². The third-order valence-electron chi connectivity index (χ3n) is 7.00. The number of amidine groups is 1. The number of H-pyrrole nitrogens is 2. The van der Waals surface area contributed by atoms with E-state index in [9.17, 15) is 9.59 Å². The number of aliphatic imine (C=N–C) groups is 1. The minimum Gasteiger partial charge on any atom is -0.361 e. The molecule has 2 aliphatic heterocycles. The van der Waals surface area contributed by atoms with Crippen LogP contribution in [-0.2, 0) is 4.79 Å². The van der Waals surface area contributed by atoms with Crippen LogP contribution < -0.4 is 10.2 Å². The molecule has 0 aliphatic carbocycles. The first-order chi connectivity index (χ1) is 17.6. The molecule has 6 rings (SSSR count). The summed E-state index contributed by atoms with van der Waals surface area (Å²) in [5.41, 5.74) is 4.29. The van der Waals surface area contributed by atoms with Gasteiger partial charge in [0, 0.05) is 37.0 Å². The van der Waals surface area contributed by atoms with E-state index in [1.807, 2.05) is 47.5 Å². The van der Waals surface area contributed by atoms with Gasteiger partial charge in [0.1, 0.15) is 18.4 Å². The van der Waals surface area contributed by atoms with Crippen molar-refractivity contribution < 1.29 is 9.59 Å². The third kappa shape index (κ3) is 4.09. The largest absolute Gasteiger partial charge is 0.361 e. The number of nitrogens with zero attached hydrogens (tertiary/aromatic N) is 5. The second kappa shape index (κ2) is 9.12. The summed E-state index contributed by atoms with van der Waals surface area (Å²) in [6, 6.07) is 13.0. The van der Waals surface area contributed by atoms with Crippen LogP contribution in [0.5, 0.6) is 0 Å². The third-order valence-corrected chi connectivity index (χ3v) is 7.00. The number of benzene rings is 2. The van der Waals surface area contributed by atoms with Gasteiger partial charge in [-0.25, -0.2) is 9.78 Å². The van der Waals surface area contributed by atoms with Crippen molar-refractivity contribution in [1.29, 1.82) is 0 Å². The molecule has 2 aliphatic rings. The Morgan fingerprint density at radius 3 is 2.86 bits per heavy atom. The number of fused-ring (bicyclic) bond motifs is 2. The van der Waals surface area contributed by atoms with Gasteiger partial charge in [-0.1, -0.05) is 6.07 Å². The van der Waals surface area contributed by atoms with Crippen molar-refractivity contribution in [3.63, 3.8) is 0 Å². The number of amides is 3. The molecule has 3 amide bonds. The Morgan fingerprint density at radius 1 is 1.06 bits per heavy atom. The Labute approximate surface area is 208 Å². The molecule has 10 nitrogen and oxygen atoms in total. The molecule has 1 atom stereocenters. The lowest BCUT2D eigenvalue weighted by molar-refractivity contribution is -0.129. The van der Waals surface area contributed by atoms with Gasteiger partial charge in [0.25, 0.3) is 0 Å². The Hall–Kier alpha value is -4.18. The number of urea groups is 1. The average Bonchev–Trinajstić information content (AvgIpc) is 3.58. The fourth-order valence-electron chi connectivity index (χ4n) is 5.04. The molecule has 4 heterocycles. The average molecular weight is 485 g/mol. The van der Waals surface area contributed by atoms with Crippen molar-refractivity contribution in [3.05, 3.63) is 60.6 Å². The summed E-state index contributed by atoms with van der Waals surface area (Å²) in [6.45, 7) is 3.24. The van der Waals surface area contributed by atoms with Crippen molar-refractivity contribution in [3.8, 4) is 0 Å². The number of imidazole rings is 1. The second-order valence-corrected chi connectivity index (χ2v) is 9.37. The molecule has 4 aromatic rings. The highest BCUT2D eigenvalue weighted by Crippen LogP contribution is 2.34. The van der Waals surface area contributed by atoms with Gasteiger partial charge in [-0.05, 0) is 67.4 Å². The standard InChI is InChI=1S/C26H28N8O2/c1-32-9-2-10-33(12-11-32)23(35)15-28-25-24(18-3-5-20-17(13-18)7-8-27-20)34(26(36)31-25)19-4-6-21-22(14-19)30-16-29-21/h3-8,13-14,16,24,27H,2,9-12,15H2,1H3,(H,29,30)(H,28,31,36). The summed E-state index contributed by atoms with van der Waals surface area (Å²) >= 11 is 0. The number of anilines is 1. The van der Waals surface area contributed by atoms with Crippen LogP contribution in [0.2, 0.25) is 0 Å². The highest BCUT2D eigenvalue weighted by Gasteiger charge is 2.39. The van der Waals surface area contributed by atoms with Crippen LogP contribution in [0.3, 0.4) is 0 Å². The van der Waals surface area contributed by atoms with Crippen molar-refractivity contribution in [2.45, 2.75) is 12.5 Å². The predicted octanol–water partition coefficient (Wildman–Crippen LogP) is 2.88. The maximum Gasteiger partial charge on any atom is 0.328 e. The first kappa shape index (κ1) is 22.3. The van der Waals surface area contributed by atoms with Crippen LogP contribution in [-0.4, -0.2) is 82.3 Å². The molecule has 1 unspecified atom stereocenters. The number of likely N-dealkylation sites (N-methyl/N-ethyl adjacent to an activating group) is 1. The number of rotatable bonds is 4.